The molecular weight excluding hydrogens is 314 g/mol. The lowest BCUT2D eigenvalue weighted by molar-refractivity contribution is 0.555. The molecule has 0 aliphatic carbocycles. The third-order valence-corrected chi connectivity index (χ3v) is 6.59. The van der Waals surface area contributed by atoms with Crippen LogP contribution in [0, 0.1) is 0 Å². The maximum Gasteiger partial charge on any atom is 0.236 e. The van der Waals surface area contributed by atoms with Crippen LogP contribution in [0.2, 0.25) is 5.15 Å². The Kier molecular flexibility index (Phi) is 3.98. The molecule has 0 bridgehead atoms. The van der Waals surface area contributed by atoms with Gasteiger partial charge in [0.2, 0.25) is 10.0 Å². The summed E-state index contributed by atoms with van der Waals surface area (Å²) in [7, 11) is -6.76. The minimum atomic E-state index is -3.67. The fraction of sp³-hybridized carbons (Fsp3) is 0.556. The van der Waals surface area contributed by atoms with E-state index in [0.29, 0.717) is 0 Å². The van der Waals surface area contributed by atoms with E-state index in [4.69, 9.17) is 11.6 Å². The zero-order valence-corrected chi connectivity index (χ0v) is 12.2. The number of hydrogen-bond acceptors (Lipinski definition) is 6. The first-order chi connectivity index (χ1) is 8.78. The standard InChI is InChI=1S/C9H12ClN3O4S2/c10-8-5-9(12-6-11-8)13-19(16,17)7-1-3-18(14,15)4-2-7/h5-7H,1-4H2,(H,11,12,13). The maximum atomic E-state index is 12.1. The van der Waals surface area contributed by atoms with Gasteiger partial charge >= 0.3 is 0 Å². The highest BCUT2D eigenvalue weighted by molar-refractivity contribution is 7.94. The molecule has 7 nitrogen and oxygen atoms in total. The Morgan fingerprint density at radius 1 is 1.26 bits per heavy atom. The highest BCUT2D eigenvalue weighted by atomic mass is 35.5. The summed E-state index contributed by atoms with van der Waals surface area (Å²) in [6.07, 6.45) is 1.33. The first-order valence-corrected chi connectivity index (χ1v) is 9.23. The molecule has 19 heavy (non-hydrogen) atoms. The van der Waals surface area contributed by atoms with E-state index in [-0.39, 0.29) is 35.3 Å². The second kappa shape index (κ2) is 5.22. The first kappa shape index (κ1) is 14.5. The molecule has 2 heterocycles. The van der Waals surface area contributed by atoms with Crippen LogP contribution in [0.3, 0.4) is 0 Å². The largest absolute Gasteiger partial charge is 0.267 e. The van der Waals surface area contributed by atoms with Crippen molar-refractivity contribution >= 4 is 37.3 Å². The Morgan fingerprint density at radius 3 is 2.47 bits per heavy atom. The molecule has 1 saturated heterocycles. The van der Waals surface area contributed by atoms with Crippen LogP contribution in [-0.4, -0.2) is 43.6 Å². The summed E-state index contributed by atoms with van der Waals surface area (Å²) in [4.78, 5) is 7.39. The number of rotatable bonds is 3. The van der Waals surface area contributed by atoms with Gasteiger partial charge in [-0.25, -0.2) is 26.8 Å². The van der Waals surface area contributed by atoms with Crippen molar-refractivity contribution in [2.24, 2.45) is 0 Å². The van der Waals surface area contributed by atoms with E-state index in [1.54, 1.807) is 0 Å². The van der Waals surface area contributed by atoms with Gasteiger partial charge in [-0.15, -0.1) is 0 Å². The lowest BCUT2D eigenvalue weighted by Gasteiger charge is -2.22. The predicted molar refractivity (Wildman–Crippen MR) is 71.3 cm³/mol. The van der Waals surface area contributed by atoms with Crippen molar-refractivity contribution in [2.75, 3.05) is 16.2 Å². The van der Waals surface area contributed by atoms with Crippen molar-refractivity contribution in [3.05, 3.63) is 17.5 Å². The van der Waals surface area contributed by atoms with Gasteiger partial charge in [0.25, 0.3) is 0 Å². The molecule has 2 rings (SSSR count). The van der Waals surface area contributed by atoms with E-state index >= 15 is 0 Å². The van der Waals surface area contributed by atoms with Crippen LogP contribution in [0.15, 0.2) is 12.4 Å². The van der Waals surface area contributed by atoms with Crippen LogP contribution in [0.4, 0.5) is 5.82 Å². The van der Waals surface area contributed by atoms with E-state index in [9.17, 15) is 16.8 Å². The Morgan fingerprint density at radius 2 is 1.89 bits per heavy atom. The molecule has 1 fully saturated rings. The van der Waals surface area contributed by atoms with Crippen LogP contribution in [0.1, 0.15) is 12.8 Å². The fourth-order valence-corrected chi connectivity index (χ4v) is 5.16. The minimum absolute atomic E-state index is 0.0773. The molecule has 0 aromatic carbocycles. The Labute approximate surface area is 116 Å². The molecule has 1 aromatic rings. The molecule has 1 aliphatic heterocycles. The quantitative estimate of drug-likeness (QED) is 0.809. The van der Waals surface area contributed by atoms with E-state index in [1.165, 1.54) is 6.07 Å². The summed E-state index contributed by atoms with van der Waals surface area (Å²) < 4.78 is 49.0. The lowest BCUT2D eigenvalue weighted by Crippen LogP contribution is -2.36. The van der Waals surface area contributed by atoms with Crippen LogP contribution in [-0.2, 0) is 19.9 Å². The first-order valence-electron chi connectivity index (χ1n) is 5.48. The van der Waals surface area contributed by atoms with Gasteiger partial charge in [0.05, 0.1) is 16.8 Å². The average molecular weight is 326 g/mol. The molecule has 1 N–H and O–H groups in total. The van der Waals surface area contributed by atoms with Crippen LogP contribution in [0.5, 0.6) is 0 Å². The SMILES string of the molecule is O=S1(=O)CCC(S(=O)(=O)Nc2cc(Cl)ncn2)CC1. The van der Waals surface area contributed by atoms with E-state index < -0.39 is 25.1 Å². The summed E-state index contributed by atoms with van der Waals surface area (Å²) >= 11 is 5.63. The fourth-order valence-electron chi connectivity index (χ4n) is 1.80. The third kappa shape index (κ3) is 3.77. The van der Waals surface area contributed by atoms with Crippen LogP contribution >= 0.6 is 11.6 Å². The monoisotopic (exact) mass is 325 g/mol. The van der Waals surface area contributed by atoms with Crippen molar-refractivity contribution < 1.29 is 16.8 Å². The number of hydrogen-bond donors (Lipinski definition) is 1. The number of nitrogens with one attached hydrogen (secondary N) is 1. The molecule has 106 valence electrons. The number of halogens is 1. The number of sulfonamides is 1. The molecule has 0 unspecified atom stereocenters. The summed E-state index contributed by atoms with van der Waals surface area (Å²) in [6.45, 7) is 0. The van der Waals surface area contributed by atoms with Gasteiger partial charge in [-0.3, -0.25) is 4.72 Å². The number of nitrogens with zero attached hydrogens (tertiary/aromatic N) is 2. The van der Waals surface area contributed by atoms with Crippen LogP contribution < -0.4 is 4.72 Å². The van der Waals surface area contributed by atoms with Crippen molar-refractivity contribution in [3.63, 3.8) is 0 Å². The van der Waals surface area contributed by atoms with Crippen molar-refractivity contribution in [2.45, 2.75) is 18.1 Å². The molecule has 0 amide bonds. The topological polar surface area (TPSA) is 106 Å². The Hall–Kier alpha value is -0.930. The molecule has 0 spiro atoms. The summed E-state index contributed by atoms with van der Waals surface area (Å²) in [5, 5.41) is -0.608. The minimum Gasteiger partial charge on any atom is -0.267 e. The van der Waals surface area contributed by atoms with Crippen molar-refractivity contribution in [1.82, 2.24) is 9.97 Å². The van der Waals surface area contributed by atoms with E-state index in [1.807, 2.05) is 0 Å². The van der Waals surface area contributed by atoms with Gasteiger partial charge < -0.3 is 0 Å². The predicted octanol–water partition coefficient (Wildman–Crippen LogP) is 0.449. The third-order valence-electron chi connectivity index (χ3n) is 2.82. The number of aromatic nitrogens is 2. The zero-order valence-electron chi connectivity index (χ0n) is 9.78. The Bertz CT molecular complexity index is 660. The molecule has 0 saturated carbocycles. The molecular formula is C9H12ClN3O4S2. The summed E-state index contributed by atoms with van der Waals surface area (Å²) in [5.74, 6) is -0.139. The van der Waals surface area contributed by atoms with Gasteiger partial charge in [0, 0.05) is 6.07 Å². The smallest absolute Gasteiger partial charge is 0.236 e. The molecule has 0 atom stereocenters. The highest BCUT2D eigenvalue weighted by Crippen LogP contribution is 2.21. The van der Waals surface area contributed by atoms with Gasteiger partial charge in [-0.05, 0) is 12.8 Å². The average Bonchev–Trinajstić information content (AvgIpc) is 2.27. The molecule has 1 aliphatic rings. The number of sulfone groups is 1. The number of anilines is 1. The Balaban J connectivity index is 2.11. The van der Waals surface area contributed by atoms with Gasteiger partial charge in [-0.1, -0.05) is 11.6 Å². The van der Waals surface area contributed by atoms with Gasteiger partial charge in [0.15, 0.2) is 0 Å². The summed E-state index contributed by atoms with van der Waals surface area (Å²) in [5.41, 5.74) is 0. The van der Waals surface area contributed by atoms with Crippen molar-refractivity contribution in [1.29, 1.82) is 0 Å². The van der Waals surface area contributed by atoms with Gasteiger partial charge in [0.1, 0.15) is 27.1 Å². The lowest BCUT2D eigenvalue weighted by atomic mass is 10.2. The van der Waals surface area contributed by atoms with E-state index in [0.717, 1.165) is 6.33 Å². The zero-order chi connectivity index (χ0) is 14.1. The van der Waals surface area contributed by atoms with Crippen LogP contribution in [0.25, 0.3) is 0 Å². The molecule has 1 aromatic heterocycles. The molecule has 10 heteroatoms. The van der Waals surface area contributed by atoms with Gasteiger partial charge in [-0.2, -0.15) is 0 Å². The normalized spacial score (nSPS) is 20.1. The van der Waals surface area contributed by atoms with E-state index in [2.05, 4.69) is 14.7 Å². The maximum absolute atomic E-state index is 12.1. The second-order valence-corrected chi connectivity index (χ2v) is 8.88. The second-order valence-electron chi connectivity index (χ2n) is 4.22. The van der Waals surface area contributed by atoms with Crippen molar-refractivity contribution in [3.8, 4) is 0 Å². The molecule has 0 radical (unpaired) electrons. The highest BCUT2D eigenvalue weighted by Gasteiger charge is 2.33. The summed E-state index contributed by atoms with van der Waals surface area (Å²) in [6, 6.07) is 1.29.